The van der Waals surface area contributed by atoms with Crippen molar-refractivity contribution in [2.24, 2.45) is 0 Å². The lowest BCUT2D eigenvalue weighted by Gasteiger charge is -2.33. The second-order valence-corrected chi connectivity index (χ2v) is 6.97. The molecular weight excluding hydrogens is 280 g/mol. The largest absolute Gasteiger partial charge is 0.343 e. The fourth-order valence-electron chi connectivity index (χ4n) is 3.01. The molecule has 1 aromatic heterocycles. The number of thiophene rings is 1. The molecule has 1 saturated heterocycles. The fraction of sp³-hybridized carbons (Fsp3) is 0.471. The van der Waals surface area contributed by atoms with E-state index in [-0.39, 0.29) is 5.91 Å². The number of fused-ring (bicyclic) bond motifs is 1. The molecule has 0 saturated carbocycles. The first kappa shape index (κ1) is 14.5. The van der Waals surface area contributed by atoms with Crippen LogP contribution in [0.5, 0.6) is 0 Å². The molecule has 1 aliphatic rings. The number of likely N-dealkylation sites (tertiary alicyclic amines) is 1. The normalized spacial score (nSPS) is 18.1. The Morgan fingerprint density at radius 3 is 2.71 bits per heavy atom. The van der Waals surface area contributed by atoms with E-state index in [0.29, 0.717) is 12.1 Å². The van der Waals surface area contributed by atoms with E-state index >= 15 is 0 Å². The molecule has 2 aromatic rings. The second kappa shape index (κ2) is 6.16. The minimum atomic E-state index is 0.200. The Morgan fingerprint density at radius 2 is 2.05 bits per heavy atom. The zero-order valence-electron chi connectivity index (χ0n) is 12.6. The average Bonchev–Trinajstić information content (AvgIpc) is 2.92. The van der Waals surface area contributed by atoms with E-state index in [2.05, 4.69) is 42.6 Å². The lowest BCUT2D eigenvalue weighted by molar-refractivity contribution is -0.129. The van der Waals surface area contributed by atoms with Crippen LogP contribution < -0.4 is 5.32 Å². The van der Waals surface area contributed by atoms with E-state index in [9.17, 15) is 4.79 Å². The molecule has 1 aliphatic heterocycles. The number of carbonyl (C=O) groups is 1. The van der Waals surface area contributed by atoms with Gasteiger partial charge in [-0.25, -0.2) is 0 Å². The molecule has 0 bridgehead atoms. The van der Waals surface area contributed by atoms with Crippen LogP contribution in [-0.2, 0) is 4.79 Å². The van der Waals surface area contributed by atoms with Crippen LogP contribution in [0.15, 0.2) is 30.3 Å². The maximum absolute atomic E-state index is 11.4. The zero-order chi connectivity index (χ0) is 14.8. The molecule has 2 heterocycles. The third-order valence-electron chi connectivity index (χ3n) is 4.30. The second-order valence-electron chi connectivity index (χ2n) is 5.86. The Balaban J connectivity index is 1.61. The minimum Gasteiger partial charge on any atom is -0.343 e. The Kier molecular flexibility index (Phi) is 4.27. The first-order valence-corrected chi connectivity index (χ1v) is 8.45. The van der Waals surface area contributed by atoms with Gasteiger partial charge in [0, 0.05) is 41.7 Å². The standard InChI is InChI=1S/C17H22N2OS/c1-12(17-11-14-5-3-4-6-16(14)21-17)18-15-7-9-19(10-8-15)13(2)20/h3-6,11-12,15,18H,7-10H2,1-2H3. The van der Waals surface area contributed by atoms with Gasteiger partial charge in [0.15, 0.2) is 0 Å². The van der Waals surface area contributed by atoms with Crippen LogP contribution in [0.4, 0.5) is 0 Å². The van der Waals surface area contributed by atoms with Crippen molar-refractivity contribution in [1.29, 1.82) is 0 Å². The van der Waals surface area contributed by atoms with Gasteiger partial charge in [-0.15, -0.1) is 11.3 Å². The summed E-state index contributed by atoms with van der Waals surface area (Å²) in [4.78, 5) is 14.7. The quantitative estimate of drug-likeness (QED) is 0.940. The lowest BCUT2D eigenvalue weighted by atomic mass is 10.0. The van der Waals surface area contributed by atoms with Crippen LogP contribution in [0.25, 0.3) is 10.1 Å². The van der Waals surface area contributed by atoms with Crippen molar-refractivity contribution in [2.75, 3.05) is 13.1 Å². The number of nitrogens with one attached hydrogen (secondary N) is 1. The Morgan fingerprint density at radius 1 is 1.33 bits per heavy atom. The van der Waals surface area contributed by atoms with Gasteiger partial charge in [-0.1, -0.05) is 18.2 Å². The van der Waals surface area contributed by atoms with Gasteiger partial charge in [0.05, 0.1) is 0 Å². The van der Waals surface area contributed by atoms with E-state index in [0.717, 1.165) is 25.9 Å². The third kappa shape index (κ3) is 3.27. The number of nitrogens with zero attached hydrogens (tertiary/aromatic N) is 1. The Hall–Kier alpha value is -1.39. The van der Waals surface area contributed by atoms with Gasteiger partial charge in [-0.2, -0.15) is 0 Å². The summed E-state index contributed by atoms with van der Waals surface area (Å²) < 4.78 is 1.35. The number of piperidine rings is 1. The smallest absolute Gasteiger partial charge is 0.219 e. The maximum Gasteiger partial charge on any atom is 0.219 e. The molecule has 1 aromatic carbocycles. The molecule has 3 rings (SSSR count). The number of amides is 1. The average molecular weight is 302 g/mol. The molecule has 0 radical (unpaired) electrons. The molecule has 1 N–H and O–H groups in total. The molecule has 1 amide bonds. The fourth-order valence-corrected chi connectivity index (χ4v) is 4.09. The van der Waals surface area contributed by atoms with E-state index in [4.69, 9.17) is 0 Å². The molecule has 0 aliphatic carbocycles. The van der Waals surface area contributed by atoms with E-state index in [1.54, 1.807) is 6.92 Å². The van der Waals surface area contributed by atoms with Gasteiger partial charge in [-0.05, 0) is 37.3 Å². The summed E-state index contributed by atoms with van der Waals surface area (Å²) in [6.45, 7) is 5.66. The summed E-state index contributed by atoms with van der Waals surface area (Å²) in [6, 6.07) is 11.7. The summed E-state index contributed by atoms with van der Waals surface area (Å²) in [5.41, 5.74) is 0. The van der Waals surface area contributed by atoms with Crippen molar-refractivity contribution in [3.8, 4) is 0 Å². The van der Waals surface area contributed by atoms with Crippen molar-refractivity contribution in [2.45, 2.75) is 38.8 Å². The highest BCUT2D eigenvalue weighted by Crippen LogP contribution is 2.30. The van der Waals surface area contributed by atoms with Crippen LogP contribution in [0.3, 0.4) is 0 Å². The molecule has 1 unspecified atom stereocenters. The van der Waals surface area contributed by atoms with Crippen molar-refractivity contribution in [1.82, 2.24) is 10.2 Å². The monoisotopic (exact) mass is 302 g/mol. The summed E-state index contributed by atoms with van der Waals surface area (Å²) in [5, 5.41) is 5.06. The van der Waals surface area contributed by atoms with Gasteiger partial charge < -0.3 is 10.2 Å². The van der Waals surface area contributed by atoms with Crippen molar-refractivity contribution in [3.05, 3.63) is 35.2 Å². The predicted molar refractivity (Wildman–Crippen MR) is 88.7 cm³/mol. The first-order valence-electron chi connectivity index (χ1n) is 7.63. The molecule has 0 spiro atoms. The number of hydrogen-bond acceptors (Lipinski definition) is 3. The first-order chi connectivity index (χ1) is 10.1. The third-order valence-corrected chi connectivity index (χ3v) is 5.60. The van der Waals surface area contributed by atoms with Crippen molar-refractivity contribution >= 4 is 27.3 Å². The molecular formula is C17H22N2OS. The summed E-state index contributed by atoms with van der Waals surface area (Å²) in [7, 11) is 0. The van der Waals surface area contributed by atoms with E-state index in [1.165, 1.54) is 15.0 Å². The predicted octanol–water partition coefficient (Wildman–Crippen LogP) is 3.56. The highest BCUT2D eigenvalue weighted by molar-refractivity contribution is 7.19. The van der Waals surface area contributed by atoms with Crippen LogP contribution in [0, 0.1) is 0 Å². The summed E-state index contributed by atoms with van der Waals surface area (Å²) in [6.07, 6.45) is 2.10. The highest BCUT2D eigenvalue weighted by Gasteiger charge is 2.22. The van der Waals surface area contributed by atoms with Crippen LogP contribution in [-0.4, -0.2) is 29.9 Å². The van der Waals surface area contributed by atoms with Crippen molar-refractivity contribution in [3.63, 3.8) is 0 Å². The molecule has 4 heteroatoms. The topological polar surface area (TPSA) is 32.3 Å². The highest BCUT2D eigenvalue weighted by atomic mass is 32.1. The SMILES string of the molecule is CC(=O)N1CCC(NC(C)c2cc3ccccc3s2)CC1. The van der Waals surface area contributed by atoms with Gasteiger partial charge in [0.1, 0.15) is 0 Å². The van der Waals surface area contributed by atoms with Gasteiger partial charge in [0.25, 0.3) is 0 Å². The molecule has 1 fully saturated rings. The minimum absolute atomic E-state index is 0.200. The molecule has 1 atom stereocenters. The molecule has 21 heavy (non-hydrogen) atoms. The van der Waals surface area contributed by atoms with Gasteiger partial charge >= 0.3 is 0 Å². The van der Waals surface area contributed by atoms with Crippen LogP contribution >= 0.6 is 11.3 Å². The van der Waals surface area contributed by atoms with Crippen molar-refractivity contribution < 1.29 is 4.79 Å². The van der Waals surface area contributed by atoms with Crippen LogP contribution in [0.2, 0.25) is 0 Å². The summed E-state index contributed by atoms with van der Waals surface area (Å²) >= 11 is 1.87. The van der Waals surface area contributed by atoms with E-state index < -0.39 is 0 Å². The Bertz CT molecular complexity index is 596. The molecule has 112 valence electrons. The Labute approximate surface area is 130 Å². The number of rotatable bonds is 3. The summed E-state index contributed by atoms with van der Waals surface area (Å²) in [5.74, 6) is 0.200. The van der Waals surface area contributed by atoms with Crippen LogP contribution in [0.1, 0.15) is 37.6 Å². The maximum atomic E-state index is 11.4. The molecule has 3 nitrogen and oxygen atoms in total. The number of hydrogen-bond donors (Lipinski definition) is 1. The zero-order valence-corrected chi connectivity index (χ0v) is 13.5. The number of carbonyl (C=O) groups excluding carboxylic acids is 1. The van der Waals surface area contributed by atoms with Gasteiger partial charge in [0.2, 0.25) is 5.91 Å². The van der Waals surface area contributed by atoms with Gasteiger partial charge in [-0.3, -0.25) is 4.79 Å². The number of benzene rings is 1. The van der Waals surface area contributed by atoms with E-state index in [1.807, 2.05) is 16.2 Å². The lowest BCUT2D eigenvalue weighted by Crippen LogP contribution is -2.44.